The van der Waals surface area contributed by atoms with Crippen molar-refractivity contribution in [2.24, 2.45) is 0 Å². The van der Waals surface area contributed by atoms with Crippen molar-refractivity contribution in [3.63, 3.8) is 0 Å². The Labute approximate surface area is 113 Å². The molecule has 1 rings (SSSR count). The molecule has 0 saturated heterocycles. The maximum absolute atomic E-state index is 13.3. The van der Waals surface area contributed by atoms with Crippen molar-refractivity contribution in [1.82, 2.24) is 4.72 Å². The van der Waals surface area contributed by atoms with Gasteiger partial charge in [-0.25, -0.2) is 8.78 Å². The molecule has 11 heteroatoms. The fourth-order valence-corrected chi connectivity index (χ4v) is 2.28. The Morgan fingerprint density at radius 1 is 1.16 bits per heavy atom. The molecule has 0 heterocycles. The summed E-state index contributed by atoms with van der Waals surface area (Å²) >= 11 is 2.76. The first-order valence-electron chi connectivity index (χ1n) is 4.49. The van der Waals surface area contributed by atoms with Crippen molar-refractivity contribution >= 4 is 31.8 Å². The average molecular weight is 369 g/mol. The molecule has 0 aliphatic carbocycles. The number of hydrogen-bond acceptors (Lipinski definition) is 2. The Kier molecular flexibility index (Phi) is 4.74. The van der Waals surface area contributed by atoms with Crippen LogP contribution in [0.3, 0.4) is 0 Å². The molecular formula is C8H6BrF5N2O2S. The molecule has 0 spiro atoms. The average Bonchev–Trinajstić information content (AvgIpc) is 2.20. The van der Waals surface area contributed by atoms with Gasteiger partial charge in [-0.1, -0.05) is 15.9 Å². The first kappa shape index (κ1) is 16.1. The van der Waals surface area contributed by atoms with E-state index in [9.17, 15) is 30.4 Å². The quantitative estimate of drug-likeness (QED) is 0.802. The van der Waals surface area contributed by atoms with Gasteiger partial charge in [0.2, 0.25) is 0 Å². The van der Waals surface area contributed by atoms with E-state index >= 15 is 0 Å². The van der Waals surface area contributed by atoms with Crippen molar-refractivity contribution in [1.29, 1.82) is 0 Å². The maximum atomic E-state index is 13.3. The number of hydrogen-bond donors (Lipinski definition) is 2. The Bertz CT molecular complexity index is 552. The minimum absolute atomic E-state index is 0.00805. The van der Waals surface area contributed by atoms with E-state index in [0.717, 1.165) is 16.9 Å². The lowest BCUT2D eigenvalue weighted by Crippen LogP contribution is -2.37. The fraction of sp³-hybridized carbons (Fsp3) is 0.250. The number of rotatable bonds is 4. The zero-order chi connectivity index (χ0) is 14.8. The van der Waals surface area contributed by atoms with Crippen LogP contribution in [0.2, 0.25) is 0 Å². The largest absolute Gasteiger partial charge is 0.402 e. The summed E-state index contributed by atoms with van der Waals surface area (Å²) in [6, 6.07) is 1.51. The van der Waals surface area contributed by atoms with Crippen LogP contribution in [0.4, 0.5) is 27.6 Å². The smallest absolute Gasteiger partial charge is 0.265 e. The van der Waals surface area contributed by atoms with Crippen LogP contribution in [-0.4, -0.2) is 21.1 Å². The highest BCUT2D eigenvalue weighted by atomic mass is 79.9. The van der Waals surface area contributed by atoms with Crippen molar-refractivity contribution < 1.29 is 30.4 Å². The van der Waals surface area contributed by atoms with E-state index < -0.39 is 40.3 Å². The van der Waals surface area contributed by atoms with Crippen molar-refractivity contribution in [2.45, 2.75) is 6.18 Å². The van der Waals surface area contributed by atoms with E-state index in [1.54, 1.807) is 0 Å². The molecule has 19 heavy (non-hydrogen) atoms. The lowest BCUT2D eigenvalue weighted by Gasteiger charge is -2.12. The molecule has 0 bridgehead atoms. The molecule has 0 fully saturated rings. The minimum Gasteiger partial charge on any atom is -0.265 e. The van der Waals surface area contributed by atoms with Crippen LogP contribution in [-0.2, 0) is 10.2 Å². The summed E-state index contributed by atoms with van der Waals surface area (Å²) in [5.74, 6) is -2.55. The molecule has 0 unspecified atom stereocenters. The Morgan fingerprint density at radius 3 is 2.05 bits per heavy atom. The molecule has 0 radical (unpaired) electrons. The molecule has 0 aliphatic rings. The van der Waals surface area contributed by atoms with Gasteiger partial charge in [0.15, 0.2) is 11.6 Å². The summed E-state index contributed by atoms with van der Waals surface area (Å²) < 4.78 is 86.8. The monoisotopic (exact) mass is 368 g/mol. The lowest BCUT2D eigenvalue weighted by atomic mass is 10.3. The summed E-state index contributed by atoms with van der Waals surface area (Å²) in [6.45, 7) is -1.86. The van der Waals surface area contributed by atoms with Crippen molar-refractivity contribution in [2.75, 3.05) is 11.3 Å². The molecule has 0 atom stereocenters. The van der Waals surface area contributed by atoms with Crippen LogP contribution in [0.25, 0.3) is 0 Å². The number of anilines is 1. The van der Waals surface area contributed by atoms with Gasteiger partial charge in [-0.3, -0.25) is 4.72 Å². The number of halogens is 6. The van der Waals surface area contributed by atoms with Crippen LogP contribution in [0.15, 0.2) is 16.6 Å². The second-order valence-electron chi connectivity index (χ2n) is 3.29. The molecule has 0 aromatic heterocycles. The van der Waals surface area contributed by atoms with Gasteiger partial charge in [-0.15, -0.1) is 0 Å². The summed E-state index contributed by atoms with van der Waals surface area (Å²) in [5, 5.41) is 0. The summed E-state index contributed by atoms with van der Waals surface area (Å²) in [6.07, 6.45) is -4.79. The molecule has 0 aliphatic heterocycles. The highest BCUT2D eigenvalue weighted by molar-refractivity contribution is 9.10. The Morgan fingerprint density at radius 2 is 1.63 bits per heavy atom. The van der Waals surface area contributed by atoms with Gasteiger partial charge in [-0.05, 0) is 12.1 Å². The van der Waals surface area contributed by atoms with Gasteiger partial charge in [0, 0.05) is 4.47 Å². The van der Waals surface area contributed by atoms with Crippen molar-refractivity contribution in [3.8, 4) is 0 Å². The molecule has 4 nitrogen and oxygen atoms in total. The normalized spacial score (nSPS) is 12.5. The molecule has 2 N–H and O–H groups in total. The van der Waals surface area contributed by atoms with E-state index in [4.69, 9.17) is 0 Å². The zero-order valence-electron chi connectivity index (χ0n) is 8.85. The van der Waals surface area contributed by atoms with Gasteiger partial charge in [-0.2, -0.15) is 26.3 Å². The molecule has 108 valence electrons. The van der Waals surface area contributed by atoms with Crippen LogP contribution < -0.4 is 9.44 Å². The highest BCUT2D eigenvalue weighted by Gasteiger charge is 2.30. The third-order valence-electron chi connectivity index (χ3n) is 1.71. The minimum atomic E-state index is -4.79. The van der Waals surface area contributed by atoms with E-state index in [0.29, 0.717) is 0 Å². The highest BCUT2D eigenvalue weighted by Crippen LogP contribution is 2.24. The van der Waals surface area contributed by atoms with Crippen LogP contribution in [0.1, 0.15) is 0 Å². The van der Waals surface area contributed by atoms with E-state index in [2.05, 4.69) is 15.9 Å². The van der Waals surface area contributed by atoms with Gasteiger partial charge >= 0.3 is 6.18 Å². The van der Waals surface area contributed by atoms with Crippen LogP contribution in [0, 0.1) is 11.6 Å². The molecule has 1 aromatic carbocycles. The Balaban J connectivity index is 2.90. The molecule has 0 saturated carbocycles. The summed E-state index contributed by atoms with van der Waals surface area (Å²) in [5.41, 5.74) is -1.07. The predicted octanol–water partition coefficient (Wildman–Crippen LogP) is 2.54. The molecule has 0 amide bonds. The molecule has 1 aromatic rings. The molecular weight excluding hydrogens is 363 g/mol. The number of benzene rings is 1. The number of nitrogens with one attached hydrogen (secondary N) is 2. The number of alkyl halides is 3. The maximum Gasteiger partial charge on any atom is 0.402 e. The summed E-state index contributed by atoms with van der Waals surface area (Å²) in [4.78, 5) is 0. The first-order valence-corrected chi connectivity index (χ1v) is 6.76. The Hall–Kier alpha value is -0.940. The van der Waals surface area contributed by atoms with Crippen molar-refractivity contribution in [3.05, 3.63) is 28.2 Å². The SMILES string of the molecule is O=S(=O)(NCC(F)(F)F)Nc1c(F)cc(Br)cc1F. The standard InChI is InChI=1S/C8H6BrF5N2O2S/c9-4-1-5(10)7(6(11)2-4)16-19(17,18)15-3-8(12,13)14/h1-2,15-16H,3H2. The van der Waals surface area contributed by atoms with Crippen LogP contribution >= 0.6 is 15.9 Å². The topological polar surface area (TPSA) is 58.2 Å². The van der Waals surface area contributed by atoms with E-state index in [1.807, 2.05) is 0 Å². The second kappa shape index (κ2) is 5.59. The third-order valence-corrected chi connectivity index (χ3v) is 3.16. The lowest BCUT2D eigenvalue weighted by molar-refractivity contribution is -0.121. The fourth-order valence-electron chi connectivity index (χ4n) is 0.987. The van der Waals surface area contributed by atoms with Gasteiger partial charge in [0.1, 0.15) is 12.2 Å². The second-order valence-corrected chi connectivity index (χ2v) is 5.70. The van der Waals surface area contributed by atoms with Gasteiger partial charge < -0.3 is 0 Å². The summed E-state index contributed by atoms with van der Waals surface area (Å²) in [7, 11) is -4.74. The van der Waals surface area contributed by atoms with Crippen LogP contribution in [0.5, 0.6) is 0 Å². The predicted molar refractivity (Wildman–Crippen MR) is 60.7 cm³/mol. The van der Waals surface area contributed by atoms with Gasteiger partial charge in [0.05, 0.1) is 0 Å². The first-order chi connectivity index (χ1) is 8.50. The third kappa shape index (κ3) is 5.28. The van der Waals surface area contributed by atoms with Gasteiger partial charge in [0.25, 0.3) is 10.2 Å². The zero-order valence-corrected chi connectivity index (χ0v) is 11.3. The van der Waals surface area contributed by atoms with E-state index in [-0.39, 0.29) is 4.47 Å². The van der Waals surface area contributed by atoms with E-state index in [1.165, 1.54) is 4.72 Å².